The maximum atomic E-state index is 5.67. The van der Waals surface area contributed by atoms with Crippen LogP contribution >= 0.6 is 0 Å². The second-order valence-electron chi connectivity index (χ2n) is 4.54. The number of amidine groups is 1. The highest BCUT2D eigenvalue weighted by atomic mass is 16.7. The highest BCUT2D eigenvalue weighted by molar-refractivity contribution is 6.00. The summed E-state index contributed by atoms with van der Waals surface area (Å²) in [5.74, 6) is 0.838. The molecule has 4 nitrogen and oxygen atoms in total. The zero-order chi connectivity index (χ0) is 11.7. The number of hydroxylamine groups is 1. The van der Waals surface area contributed by atoms with E-state index in [1.165, 1.54) is 5.56 Å². The number of rotatable bonds is 1. The second-order valence-corrected chi connectivity index (χ2v) is 4.54. The Morgan fingerprint density at radius 2 is 2.00 bits per heavy atom. The summed E-state index contributed by atoms with van der Waals surface area (Å²) in [6.07, 6.45) is 1.63. The maximum Gasteiger partial charge on any atom is 0.191 e. The number of nitrogens with zero attached hydrogens (tertiary/aromatic N) is 1. The second kappa shape index (κ2) is 4.13. The minimum atomic E-state index is -0.407. The summed E-state index contributed by atoms with van der Waals surface area (Å²) in [4.78, 5) is 10.4. The standard InChI is InChI=1S/C13H16N2O2/c1-10-4-2-3-5-11(10)12-14-13(17-15-12)6-8-16-9-7-13/h2-5H,6-9H2,1H3,(H,14,15). The van der Waals surface area contributed by atoms with Gasteiger partial charge in [-0.05, 0) is 12.5 Å². The predicted molar refractivity (Wildman–Crippen MR) is 64.7 cm³/mol. The number of aryl methyl sites for hydroxylation is 1. The van der Waals surface area contributed by atoms with E-state index in [0.717, 1.165) is 24.2 Å². The van der Waals surface area contributed by atoms with Gasteiger partial charge in [0.05, 0.1) is 13.2 Å². The average Bonchev–Trinajstić information content (AvgIpc) is 2.74. The lowest BCUT2D eigenvalue weighted by molar-refractivity contribution is -0.114. The molecule has 1 aromatic carbocycles. The number of nitrogens with one attached hydrogen (secondary N) is 1. The summed E-state index contributed by atoms with van der Waals surface area (Å²) in [5.41, 5.74) is 4.87. The molecule has 0 unspecified atom stereocenters. The van der Waals surface area contributed by atoms with Crippen LogP contribution in [0.25, 0.3) is 0 Å². The fourth-order valence-corrected chi connectivity index (χ4v) is 2.25. The Kier molecular flexibility index (Phi) is 2.61. The largest absolute Gasteiger partial charge is 0.381 e. The van der Waals surface area contributed by atoms with E-state index in [9.17, 15) is 0 Å². The van der Waals surface area contributed by atoms with Crippen LogP contribution in [0.15, 0.2) is 29.3 Å². The molecule has 4 heteroatoms. The summed E-state index contributed by atoms with van der Waals surface area (Å²) in [6, 6.07) is 8.18. The zero-order valence-electron chi connectivity index (χ0n) is 9.90. The van der Waals surface area contributed by atoms with Gasteiger partial charge in [0, 0.05) is 18.4 Å². The van der Waals surface area contributed by atoms with Gasteiger partial charge in [0.15, 0.2) is 11.6 Å². The minimum absolute atomic E-state index is 0.407. The van der Waals surface area contributed by atoms with Crippen LogP contribution in [0, 0.1) is 6.92 Å². The van der Waals surface area contributed by atoms with E-state index >= 15 is 0 Å². The Labute approximate surface area is 101 Å². The third-order valence-electron chi connectivity index (χ3n) is 3.33. The summed E-state index contributed by atoms with van der Waals surface area (Å²) >= 11 is 0. The van der Waals surface area contributed by atoms with Crippen LogP contribution in [0.5, 0.6) is 0 Å². The van der Waals surface area contributed by atoms with Crippen molar-refractivity contribution in [1.29, 1.82) is 0 Å². The third-order valence-corrected chi connectivity index (χ3v) is 3.33. The van der Waals surface area contributed by atoms with Crippen molar-refractivity contribution in [2.75, 3.05) is 13.2 Å². The Bertz CT molecular complexity index is 450. The number of aliphatic imine (C=N–C) groups is 1. The molecule has 17 heavy (non-hydrogen) atoms. The van der Waals surface area contributed by atoms with E-state index in [1.54, 1.807) is 0 Å². The average molecular weight is 232 g/mol. The third kappa shape index (κ3) is 1.94. The van der Waals surface area contributed by atoms with Crippen molar-refractivity contribution in [3.05, 3.63) is 35.4 Å². The van der Waals surface area contributed by atoms with Gasteiger partial charge in [0.1, 0.15) is 0 Å². The Balaban J connectivity index is 1.90. The van der Waals surface area contributed by atoms with Crippen molar-refractivity contribution in [1.82, 2.24) is 5.48 Å². The first-order valence-electron chi connectivity index (χ1n) is 5.97. The molecule has 1 aromatic rings. The van der Waals surface area contributed by atoms with Crippen LogP contribution in [-0.2, 0) is 9.57 Å². The number of hydrogen-bond donors (Lipinski definition) is 1. The van der Waals surface area contributed by atoms with E-state index < -0.39 is 5.72 Å². The molecule has 1 saturated heterocycles. The first kappa shape index (κ1) is 10.7. The van der Waals surface area contributed by atoms with E-state index in [1.807, 2.05) is 12.1 Å². The SMILES string of the molecule is Cc1ccccc1C1=NC2(CCOCC2)ON1. The van der Waals surface area contributed by atoms with Crippen molar-refractivity contribution >= 4 is 5.84 Å². The van der Waals surface area contributed by atoms with Gasteiger partial charge in [-0.25, -0.2) is 15.3 Å². The Morgan fingerprint density at radius 1 is 1.24 bits per heavy atom. The molecule has 0 amide bonds. The van der Waals surface area contributed by atoms with Gasteiger partial charge in [-0.1, -0.05) is 24.3 Å². The minimum Gasteiger partial charge on any atom is -0.381 e. The van der Waals surface area contributed by atoms with Crippen LogP contribution < -0.4 is 5.48 Å². The fraction of sp³-hybridized carbons (Fsp3) is 0.462. The lowest BCUT2D eigenvalue weighted by Crippen LogP contribution is -2.36. The molecule has 2 heterocycles. The van der Waals surface area contributed by atoms with E-state index in [2.05, 4.69) is 24.5 Å². The smallest absolute Gasteiger partial charge is 0.191 e. The quantitative estimate of drug-likeness (QED) is 0.802. The highest BCUT2D eigenvalue weighted by Crippen LogP contribution is 2.30. The van der Waals surface area contributed by atoms with Crippen LogP contribution in [0.3, 0.4) is 0 Å². The molecule has 2 aliphatic heterocycles. The highest BCUT2D eigenvalue weighted by Gasteiger charge is 2.39. The molecule has 90 valence electrons. The maximum absolute atomic E-state index is 5.67. The first-order valence-corrected chi connectivity index (χ1v) is 5.97. The molecule has 2 aliphatic rings. The molecule has 3 rings (SSSR count). The van der Waals surface area contributed by atoms with Crippen molar-refractivity contribution < 1.29 is 9.57 Å². The normalized spacial score (nSPS) is 22.3. The molecule has 0 saturated carbocycles. The molecule has 1 N–H and O–H groups in total. The van der Waals surface area contributed by atoms with E-state index in [0.29, 0.717) is 13.2 Å². The van der Waals surface area contributed by atoms with E-state index in [4.69, 9.17) is 14.6 Å². The Hall–Kier alpha value is -1.39. The van der Waals surface area contributed by atoms with Crippen LogP contribution in [-0.4, -0.2) is 24.8 Å². The van der Waals surface area contributed by atoms with Gasteiger partial charge in [0.2, 0.25) is 0 Å². The van der Waals surface area contributed by atoms with Gasteiger partial charge < -0.3 is 4.74 Å². The van der Waals surface area contributed by atoms with Gasteiger partial charge in [-0.15, -0.1) is 0 Å². The molecular formula is C13H16N2O2. The lowest BCUT2D eigenvalue weighted by Gasteiger charge is -2.27. The molecule has 0 radical (unpaired) electrons. The molecule has 1 fully saturated rings. The number of benzene rings is 1. The van der Waals surface area contributed by atoms with Crippen molar-refractivity contribution in [3.8, 4) is 0 Å². The van der Waals surface area contributed by atoms with Crippen LogP contribution in [0.1, 0.15) is 24.0 Å². The topological polar surface area (TPSA) is 42.9 Å². The van der Waals surface area contributed by atoms with Gasteiger partial charge >= 0.3 is 0 Å². The summed E-state index contributed by atoms with van der Waals surface area (Å²) < 4.78 is 5.34. The summed E-state index contributed by atoms with van der Waals surface area (Å²) in [5, 5.41) is 0. The molecule has 0 bridgehead atoms. The Morgan fingerprint density at radius 3 is 2.76 bits per heavy atom. The summed E-state index contributed by atoms with van der Waals surface area (Å²) in [6.45, 7) is 3.51. The van der Waals surface area contributed by atoms with Gasteiger partial charge in [0.25, 0.3) is 0 Å². The molecule has 0 aliphatic carbocycles. The van der Waals surface area contributed by atoms with Crippen molar-refractivity contribution in [2.24, 2.45) is 4.99 Å². The van der Waals surface area contributed by atoms with Gasteiger partial charge in [-0.2, -0.15) is 0 Å². The fourth-order valence-electron chi connectivity index (χ4n) is 2.25. The van der Waals surface area contributed by atoms with Crippen LogP contribution in [0.2, 0.25) is 0 Å². The monoisotopic (exact) mass is 232 g/mol. The molecule has 1 spiro atoms. The molecular weight excluding hydrogens is 216 g/mol. The first-order chi connectivity index (χ1) is 8.29. The van der Waals surface area contributed by atoms with Gasteiger partial charge in [-0.3, -0.25) is 0 Å². The molecule has 0 aromatic heterocycles. The molecule has 0 atom stereocenters. The summed E-state index contributed by atoms with van der Waals surface area (Å²) in [7, 11) is 0. The number of hydrogen-bond acceptors (Lipinski definition) is 4. The van der Waals surface area contributed by atoms with Crippen molar-refractivity contribution in [3.63, 3.8) is 0 Å². The zero-order valence-corrected chi connectivity index (χ0v) is 9.90. The van der Waals surface area contributed by atoms with Crippen LogP contribution in [0.4, 0.5) is 0 Å². The lowest BCUT2D eigenvalue weighted by atomic mass is 10.0. The number of ether oxygens (including phenoxy) is 1. The van der Waals surface area contributed by atoms with E-state index in [-0.39, 0.29) is 0 Å². The van der Waals surface area contributed by atoms with Crippen molar-refractivity contribution in [2.45, 2.75) is 25.5 Å². The predicted octanol–water partition coefficient (Wildman–Crippen LogP) is 1.78.